The molecule has 0 fully saturated rings. The van der Waals surface area contributed by atoms with Crippen molar-refractivity contribution in [3.63, 3.8) is 0 Å². The van der Waals surface area contributed by atoms with Gasteiger partial charge in [0.25, 0.3) is 18.6 Å². The largest absolute Gasteiger partial charge is 0.442 e. The third-order valence-electron chi connectivity index (χ3n) is 3.91. The van der Waals surface area contributed by atoms with E-state index in [2.05, 4.69) is 105 Å². The van der Waals surface area contributed by atoms with Gasteiger partial charge in [0.1, 0.15) is 9.76 Å². The lowest BCUT2D eigenvalue weighted by Crippen LogP contribution is -2.44. The first-order chi connectivity index (χ1) is 16.4. The highest BCUT2D eigenvalue weighted by molar-refractivity contribution is 6.79. The summed E-state index contributed by atoms with van der Waals surface area (Å²) in [5.74, 6) is 0. The lowest BCUT2D eigenvalue weighted by molar-refractivity contribution is 0.292. The standard InChI is InChI=1S/C7H24O3Si4.C7H22O3Si3.C5H18O2Si3/c1-11(2)8-13(5)10-14(6,7)9-12(3)4;1-8-13(6,7)10-11(2)9-12(3,4)5;1-8-6-10(4,5)7-9(2)3/h11-13H,1-7H3;11H,1-7H3;9H,8H2,1-5H3. The SMILES string of the molecule is CO[Si](C)(C)O[SiH](C)O[Si](C)(C)C.C[SiH2]O[Si](C)(C)O[SiH](C)C.C[SiH](C)O[SiH](C)O[Si](C)(C)O[SiH](C)C. The second kappa shape index (κ2) is 20.7. The molecule has 8 nitrogen and oxygen atoms in total. The molecule has 0 aliphatic heterocycles. The molecular weight excluding hydrogens is 637 g/mol. The topological polar surface area (TPSA) is 73.8 Å². The molecule has 0 saturated heterocycles. The Labute approximate surface area is 246 Å². The Balaban J connectivity index is -0.000000476. The average molecular weight is 702 g/mol. The van der Waals surface area contributed by atoms with Gasteiger partial charge in [0, 0.05) is 7.11 Å². The molecular formula is C19H64O8Si10. The third-order valence-corrected chi connectivity index (χ3v) is 32.2. The van der Waals surface area contributed by atoms with Crippen molar-refractivity contribution >= 4 is 89.5 Å². The van der Waals surface area contributed by atoms with Gasteiger partial charge in [-0.1, -0.05) is 6.55 Å². The van der Waals surface area contributed by atoms with E-state index in [1.165, 1.54) is 0 Å². The molecule has 0 bridgehead atoms. The number of hydrogen-bond donors (Lipinski definition) is 0. The number of hydrogen-bond acceptors (Lipinski definition) is 8. The Bertz CT molecular complexity index is 563. The first kappa shape index (κ1) is 43.3. The summed E-state index contributed by atoms with van der Waals surface area (Å²) in [7, 11) is -11.1. The molecule has 0 aromatic heterocycles. The highest BCUT2D eigenvalue weighted by atomic mass is 28.5. The van der Waals surface area contributed by atoms with E-state index in [9.17, 15) is 0 Å². The van der Waals surface area contributed by atoms with E-state index in [0.29, 0.717) is 0 Å². The predicted molar refractivity (Wildman–Crippen MR) is 187 cm³/mol. The van der Waals surface area contributed by atoms with Crippen LogP contribution in [0, 0.1) is 0 Å². The Morgan fingerprint density at radius 3 is 1.22 bits per heavy atom. The van der Waals surface area contributed by atoms with Crippen molar-refractivity contribution in [2.75, 3.05) is 7.11 Å². The van der Waals surface area contributed by atoms with Crippen molar-refractivity contribution in [2.24, 2.45) is 0 Å². The van der Waals surface area contributed by atoms with Gasteiger partial charge < -0.3 is 33.2 Å². The maximum absolute atomic E-state index is 5.96. The molecule has 0 heterocycles. The minimum absolute atomic E-state index is 0.274. The van der Waals surface area contributed by atoms with Crippen LogP contribution in [0.5, 0.6) is 0 Å². The van der Waals surface area contributed by atoms with Crippen LogP contribution >= 0.6 is 0 Å². The maximum Gasteiger partial charge on any atom is 0.322 e. The highest BCUT2D eigenvalue weighted by Gasteiger charge is 2.30. The van der Waals surface area contributed by atoms with Crippen LogP contribution in [0.1, 0.15) is 0 Å². The van der Waals surface area contributed by atoms with Gasteiger partial charge in [-0.05, 0) is 111 Å². The normalized spacial score (nSPS) is 15.1. The smallest absolute Gasteiger partial charge is 0.322 e. The van der Waals surface area contributed by atoms with Gasteiger partial charge in [-0.15, -0.1) is 0 Å². The van der Waals surface area contributed by atoms with Crippen molar-refractivity contribution in [1.82, 2.24) is 0 Å². The molecule has 2 atom stereocenters. The summed E-state index contributed by atoms with van der Waals surface area (Å²) >= 11 is 0. The van der Waals surface area contributed by atoms with Gasteiger partial charge >= 0.3 is 25.7 Å². The molecule has 37 heavy (non-hydrogen) atoms. The second-order valence-corrected chi connectivity index (χ2v) is 41.1. The Kier molecular flexibility index (Phi) is 24.2. The molecule has 18 heteroatoms. The Morgan fingerprint density at radius 2 is 0.892 bits per heavy atom. The Morgan fingerprint density at radius 1 is 0.486 bits per heavy atom. The molecule has 0 radical (unpaired) electrons. The van der Waals surface area contributed by atoms with Crippen molar-refractivity contribution < 1.29 is 33.2 Å². The van der Waals surface area contributed by atoms with Gasteiger partial charge in [0.15, 0.2) is 35.4 Å². The fourth-order valence-electron chi connectivity index (χ4n) is 3.33. The van der Waals surface area contributed by atoms with Crippen molar-refractivity contribution in [3.05, 3.63) is 0 Å². The molecule has 0 spiro atoms. The van der Waals surface area contributed by atoms with E-state index < -0.39 is 79.7 Å². The van der Waals surface area contributed by atoms with Crippen LogP contribution in [-0.4, -0.2) is 96.6 Å². The van der Waals surface area contributed by atoms with E-state index in [1.807, 2.05) is 13.1 Å². The zero-order valence-corrected chi connectivity index (χ0v) is 39.0. The molecule has 2 unspecified atom stereocenters. The zero-order valence-electron chi connectivity index (χ0n) is 27.9. The summed E-state index contributed by atoms with van der Waals surface area (Å²) in [4.78, 5) is 0. The minimum Gasteiger partial charge on any atom is -0.442 e. The van der Waals surface area contributed by atoms with Crippen LogP contribution in [0.2, 0.25) is 118 Å². The van der Waals surface area contributed by atoms with Crippen LogP contribution in [0.3, 0.4) is 0 Å². The average Bonchev–Trinajstić information content (AvgIpc) is 2.56. The molecule has 0 saturated carbocycles. The van der Waals surface area contributed by atoms with Gasteiger partial charge in [0.05, 0.1) is 0 Å². The van der Waals surface area contributed by atoms with Crippen molar-refractivity contribution in [2.45, 2.75) is 118 Å². The molecule has 0 aliphatic carbocycles. The van der Waals surface area contributed by atoms with E-state index >= 15 is 0 Å². The van der Waals surface area contributed by atoms with E-state index in [1.54, 1.807) is 7.11 Å². The zero-order chi connectivity index (χ0) is 30.3. The molecule has 0 N–H and O–H groups in total. The summed E-state index contributed by atoms with van der Waals surface area (Å²) in [5, 5.41) is 0. The predicted octanol–water partition coefficient (Wildman–Crippen LogP) is 4.44. The van der Waals surface area contributed by atoms with Crippen LogP contribution in [0.15, 0.2) is 0 Å². The van der Waals surface area contributed by atoms with E-state index in [0.717, 1.165) is 0 Å². The first-order valence-electron chi connectivity index (χ1n) is 13.6. The molecule has 0 rings (SSSR count). The van der Waals surface area contributed by atoms with Gasteiger partial charge in [0.2, 0.25) is 0 Å². The summed E-state index contributed by atoms with van der Waals surface area (Å²) in [5.41, 5.74) is 0. The number of rotatable bonds is 15. The summed E-state index contributed by atoms with van der Waals surface area (Å²) in [6.45, 7) is 38.6. The fourth-order valence-corrected chi connectivity index (χ4v) is 32.0. The molecule has 0 aliphatic rings. The molecule has 228 valence electrons. The third kappa shape index (κ3) is 34.0. The quantitative estimate of drug-likeness (QED) is 0.232. The van der Waals surface area contributed by atoms with Crippen molar-refractivity contribution in [3.8, 4) is 0 Å². The lowest BCUT2D eigenvalue weighted by atomic mass is 11.8. The Hall–Kier alpha value is 1.85. The van der Waals surface area contributed by atoms with Gasteiger partial charge in [-0.25, -0.2) is 0 Å². The van der Waals surface area contributed by atoms with E-state index in [4.69, 9.17) is 33.2 Å². The van der Waals surface area contributed by atoms with Crippen LogP contribution in [0.4, 0.5) is 0 Å². The van der Waals surface area contributed by atoms with Gasteiger partial charge in [-0.3, -0.25) is 0 Å². The highest BCUT2D eigenvalue weighted by Crippen LogP contribution is 2.12. The maximum atomic E-state index is 5.96. The summed E-state index contributed by atoms with van der Waals surface area (Å²) < 4.78 is 46.1. The minimum atomic E-state index is -1.88. The summed E-state index contributed by atoms with van der Waals surface area (Å²) in [6, 6.07) is 0. The lowest BCUT2D eigenvalue weighted by Gasteiger charge is -2.29. The molecule has 0 aromatic carbocycles. The fraction of sp³-hybridized carbons (Fsp3) is 1.00. The second-order valence-electron chi connectivity index (χ2n) is 12.0. The van der Waals surface area contributed by atoms with Crippen molar-refractivity contribution in [1.29, 1.82) is 0 Å². The monoisotopic (exact) mass is 700 g/mol. The van der Waals surface area contributed by atoms with Crippen LogP contribution in [0.25, 0.3) is 0 Å². The summed E-state index contributed by atoms with van der Waals surface area (Å²) in [6.07, 6.45) is 0. The van der Waals surface area contributed by atoms with Gasteiger partial charge in [-0.2, -0.15) is 0 Å². The molecule has 0 aromatic rings. The first-order valence-corrected chi connectivity index (χ1v) is 40.0. The van der Waals surface area contributed by atoms with Crippen LogP contribution < -0.4 is 0 Å². The molecule has 0 amide bonds. The van der Waals surface area contributed by atoms with Crippen LogP contribution in [-0.2, 0) is 33.2 Å². The van der Waals surface area contributed by atoms with E-state index in [-0.39, 0.29) is 9.76 Å².